The molecule has 0 radical (unpaired) electrons. The van der Waals surface area contributed by atoms with Crippen molar-refractivity contribution in [3.05, 3.63) is 58.1 Å². The van der Waals surface area contributed by atoms with Crippen molar-refractivity contribution in [2.24, 2.45) is 0 Å². The quantitative estimate of drug-likeness (QED) is 0.856. The first-order chi connectivity index (χ1) is 9.60. The minimum absolute atomic E-state index is 0.124. The van der Waals surface area contributed by atoms with Gasteiger partial charge in [0.25, 0.3) is 0 Å². The molecule has 2 rings (SSSR count). The fourth-order valence-corrected chi connectivity index (χ4v) is 2.04. The predicted molar refractivity (Wildman–Crippen MR) is 78.0 cm³/mol. The molecule has 0 aliphatic heterocycles. The minimum Gasteiger partial charge on any atom is -0.454 e. The lowest BCUT2D eigenvalue weighted by Crippen LogP contribution is -2.12. The van der Waals surface area contributed by atoms with Crippen molar-refractivity contribution in [3.63, 3.8) is 0 Å². The smallest absolute Gasteiger partial charge is 0.165 e. The highest BCUT2D eigenvalue weighted by atomic mass is 79.9. The van der Waals surface area contributed by atoms with Crippen LogP contribution < -0.4 is 10.1 Å². The maximum absolute atomic E-state index is 13.6. The van der Waals surface area contributed by atoms with Crippen LogP contribution in [0.1, 0.15) is 12.5 Å². The second-order valence-electron chi connectivity index (χ2n) is 4.21. The summed E-state index contributed by atoms with van der Waals surface area (Å²) in [4.78, 5) is 0. The third-order valence-electron chi connectivity index (χ3n) is 2.71. The Labute approximate surface area is 124 Å². The van der Waals surface area contributed by atoms with E-state index in [2.05, 4.69) is 21.2 Å². The Morgan fingerprint density at radius 1 is 1.10 bits per heavy atom. The maximum Gasteiger partial charge on any atom is 0.165 e. The predicted octanol–water partition coefficient (Wildman–Crippen LogP) is 4.63. The summed E-state index contributed by atoms with van der Waals surface area (Å²) in [6.07, 6.45) is 0. The summed E-state index contributed by atoms with van der Waals surface area (Å²) in [6, 6.07) is 8.63. The number of rotatable bonds is 5. The van der Waals surface area contributed by atoms with E-state index in [1.807, 2.05) is 19.1 Å². The van der Waals surface area contributed by atoms with Crippen molar-refractivity contribution in [2.45, 2.75) is 13.5 Å². The van der Waals surface area contributed by atoms with E-state index in [1.54, 1.807) is 6.07 Å². The van der Waals surface area contributed by atoms with Crippen LogP contribution in [0.5, 0.6) is 11.5 Å². The Balaban J connectivity index is 2.31. The van der Waals surface area contributed by atoms with Crippen molar-refractivity contribution in [1.82, 2.24) is 5.32 Å². The highest BCUT2D eigenvalue weighted by Crippen LogP contribution is 2.30. The van der Waals surface area contributed by atoms with Crippen LogP contribution in [-0.4, -0.2) is 6.54 Å². The minimum atomic E-state index is -0.597. The van der Waals surface area contributed by atoms with Gasteiger partial charge in [-0.3, -0.25) is 0 Å². The van der Waals surface area contributed by atoms with Gasteiger partial charge < -0.3 is 10.1 Å². The SMILES string of the molecule is CCNCc1ccc(Br)cc1Oc1cc(F)ccc1F. The average molecular weight is 342 g/mol. The van der Waals surface area contributed by atoms with Crippen LogP contribution in [0.25, 0.3) is 0 Å². The molecule has 20 heavy (non-hydrogen) atoms. The van der Waals surface area contributed by atoms with Gasteiger partial charge in [-0.25, -0.2) is 8.78 Å². The zero-order valence-electron chi connectivity index (χ0n) is 10.9. The zero-order valence-corrected chi connectivity index (χ0v) is 12.5. The first-order valence-corrected chi connectivity index (χ1v) is 7.01. The molecule has 0 aromatic heterocycles. The molecule has 5 heteroatoms. The molecule has 0 aliphatic carbocycles. The molecular formula is C15H14BrF2NO. The lowest BCUT2D eigenvalue weighted by Gasteiger charge is -2.12. The molecule has 0 spiro atoms. The molecule has 0 unspecified atom stereocenters. The average Bonchev–Trinajstić information content (AvgIpc) is 2.42. The van der Waals surface area contributed by atoms with Gasteiger partial charge in [-0.15, -0.1) is 0 Å². The molecule has 2 nitrogen and oxygen atoms in total. The van der Waals surface area contributed by atoms with Gasteiger partial charge in [-0.2, -0.15) is 0 Å². The Hall–Kier alpha value is -1.46. The normalized spacial score (nSPS) is 10.6. The molecule has 1 N–H and O–H groups in total. The molecule has 0 saturated carbocycles. The first kappa shape index (κ1) is 14.9. The van der Waals surface area contributed by atoms with Gasteiger partial charge in [0.2, 0.25) is 0 Å². The second kappa shape index (κ2) is 6.81. The highest BCUT2D eigenvalue weighted by Gasteiger charge is 2.10. The highest BCUT2D eigenvalue weighted by molar-refractivity contribution is 9.10. The van der Waals surface area contributed by atoms with Gasteiger partial charge in [0.1, 0.15) is 11.6 Å². The summed E-state index contributed by atoms with van der Waals surface area (Å²) >= 11 is 3.34. The van der Waals surface area contributed by atoms with Gasteiger partial charge in [0.15, 0.2) is 11.6 Å². The van der Waals surface area contributed by atoms with Crippen LogP contribution >= 0.6 is 15.9 Å². The van der Waals surface area contributed by atoms with Crippen LogP contribution in [0.3, 0.4) is 0 Å². The lowest BCUT2D eigenvalue weighted by molar-refractivity contribution is 0.430. The van der Waals surface area contributed by atoms with E-state index >= 15 is 0 Å². The molecule has 2 aromatic carbocycles. The Bertz CT molecular complexity index is 604. The Morgan fingerprint density at radius 2 is 1.90 bits per heavy atom. The van der Waals surface area contributed by atoms with Crippen LogP contribution in [0, 0.1) is 11.6 Å². The monoisotopic (exact) mass is 341 g/mol. The van der Waals surface area contributed by atoms with Crippen molar-refractivity contribution < 1.29 is 13.5 Å². The van der Waals surface area contributed by atoms with Gasteiger partial charge in [0.05, 0.1) is 0 Å². The van der Waals surface area contributed by atoms with Crippen molar-refractivity contribution in [2.75, 3.05) is 6.54 Å². The van der Waals surface area contributed by atoms with Crippen LogP contribution in [0.15, 0.2) is 40.9 Å². The van der Waals surface area contributed by atoms with E-state index in [9.17, 15) is 8.78 Å². The summed E-state index contributed by atoms with van der Waals surface area (Å²) in [7, 11) is 0. The fraction of sp³-hybridized carbons (Fsp3) is 0.200. The summed E-state index contributed by atoms with van der Waals surface area (Å²) in [5.41, 5.74) is 0.874. The molecule has 0 bridgehead atoms. The molecule has 0 saturated heterocycles. The largest absolute Gasteiger partial charge is 0.454 e. The van der Waals surface area contributed by atoms with E-state index in [0.29, 0.717) is 12.3 Å². The van der Waals surface area contributed by atoms with Gasteiger partial charge in [-0.05, 0) is 30.8 Å². The zero-order chi connectivity index (χ0) is 14.5. The summed E-state index contributed by atoms with van der Waals surface area (Å²) < 4.78 is 33.1. The molecule has 0 aliphatic rings. The van der Waals surface area contributed by atoms with Crippen LogP contribution in [-0.2, 0) is 6.54 Å². The van der Waals surface area contributed by atoms with E-state index in [0.717, 1.165) is 34.8 Å². The molecule has 106 valence electrons. The van der Waals surface area contributed by atoms with Crippen LogP contribution in [0.2, 0.25) is 0 Å². The van der Waals surface area contributed by atoms with Crippen molar-refractivity contribution in [1.29, 1.82) is 0 Å². The number of hydrogen-bond acceptors (Lipinski definition) is 2. The molecule has 0 amide bonds. The van der Waals surface area contributed by atoms with Gasteiger partial charge in [0, 0.05) is 22.6 Å². The molecule has 2 aromatic rings. The molecular weight excluding hydrogens is 328 g/mol. The first-order valence-electron chi connectivity index (χ1n) is 6.22. The van der Waals surface area contributed by atoms with Crippen LogP contribution in [0.4, 0.5) is 8.78 Å². The summed E-state index contributed by atoms with van der Waals surface area (Å²) in [5.74, 6) is -0.768. The molecule has 0 fully saturated rings. The second-order valence-corrected chi connectivity index (χ2v) is 5.12. The van der Waals surface area contributed by atoms with Crippen molar-refractivity contribution >= 4 is 15.9 Å². The number of halogens is 3. The standard InChI is InChI=1S/C15H14BrF2NO/c1-2-19-9-10-3-4-11(16)7-14(10)20-15-8-12(17)5-6-13(15)18/h3-8,19H,2,9H2,1H3. The third-order valence-corrected chi connectivity index (χ3v) is 3.20. The molecule has 0 atom stereocenters. The van der Waals surface area contributed by atoms with Crippen molar-refractivity contribution in [3.8, 4) is 11.5 Å². The van der Waals surface area contributed by atoms with E-state index in [1.165, 1.54) is 0 Å². The third kappa shape index (κ3) is 3.77. The number of nitrogens with one attached hydrogen (secondary N) is 1. The van der Waals surface area contributed by atoms with E-state index in [4.69, 9.17) is 4.74 Å². The Morgan fingerprint density at radius 3 is 2.65 bits per heavy atom. The van der Waals surface area contributed by atoms with E-state index < -0.39 is 11.6 Å². The van der Waals surface area contributed by atoms with E-state index in [-0.39, 0.29) is 5.75 Å². The fourth-order valence-electron chi connectivity index (χ4n) is 1.70. The number of benzene rings is 2. The summed E-state index contributed by atoms with van der Waals surface area (Å²) in [6.45, 7) is 3.39. The topological polar surface area (TPSA) is 21.3 Å². The van der Waals surface area contributed by atoms with Gasteiger partial charge in [-0.1, -0.05) is 28.9 Å². The maximum atomic E-state index is 13.6. The number of hydrogen-bond donors (Lipinski definition) is 1. The summed E-state index contributed by atoms with van der Waals surface area (Å²) in [5, 5.41) is 3.17. The lowest BCUT2D eigenvalue weighted by atomic mass is 10.2. The number of ether oxygens (including phenoxy) is 1. The molecule has 0 heterocycles. The Kier molecular flexibility index (Phi) is 5.09. The van der Waals surface area contributed by atoms with Gasteiger partial charge >= 0.3 is 0 Å².